The molecular formula is C12H14O2. The Labute approximate surface area is 84.6 Å². The SMILES string of the molecule is C#Cc1ccc(C)c(C(=O)O)c1.CC. The third-order valence-corrected chi connectivity index (χ3v) is 1.63. The number of terminal acetylenes is 1. The Morgan fingerprint density at radius 2 is 2.00 bits per heavy atom. The number of rotatable bonds is 1. The van der Waals surface area contributed by atoms with Gasteiger partial charge in [0.15, 0.2) is 0 Å². The van der Waals surface area contributed by atoms with Crippen LogP contribution in [0.1, 0.15) is 35.3 Å². The molecule has 0 aliphatic carbocycles. The van der Waals surface area contributed by atoms with Crippen LogP contribution in [0, 0.1) is 19.3 Å². The van der Waals surface area contributed by atoms with Gasteiger partial charge in [0.05, 0.1) is 5.56 Å². The average molecular weight is 190 g/mol. The maximum absolute atomic E-state index is 10.6. The minimum absolute atomic E-state index is 0.269. The summed E-state index contributed by atoms with van der Waals surface area (Å²) in [5, 5.41) is 8.72. The van der Waals surface area contributed by atoms with Gasteiger partial charge >= 0.3 is 5.97 Å². The van der Waals surface area contributed by atoms with E-state index in [2.05, 4.69) is 5.92 Å². The third-order valence-electron chi connectivity index (χ3n) is 1.63. The lowest BCUT2D eigenvalue weighted by molar-refractivity contribution is 0.0696. The second kappa shape index (κ2) is 5.82. The minimum Gasteiger partial charge on any atom is -0.478 e. The van der Waals surface area contributed by atoms with Crippen molar-refractivity contribution >= 4 is 5.97 Å². The molecule has 0 saturated carbocycles. The average Bonchev–Trinajstić information content (AvgIpc) is 2.21. The van der Waals surface area contributed by atoms with Crippen LogP contribution < -0.4 is 0 Å². The predicted molar refractivity (Wildman–Crippen MR) is 57.4 cm³/mol. The standard InChI is InChI=1S/C10H8O2.C2H6/c1-3-8-5-4-7(2)9(6-8)10(11)12;1-2/h1,4-6H,2H3,(H,11,12);1-2H3. The molecule has 0 spiro atoms. The summed E-state index contributed by atoms with van der Waals surface area (Å²) in [6, 6.07) is 4.93. The van der Waals surface area contributed by atoms with Crippen molar-refractivity contribution in [2.45, 2.75) is 20.8 Å². The van der Waals surface area contributed by atoms with Crippen LogP contribution in [0.3, 0.4) is 0 Å². The Bertz CT molecular complexity index is 359. The molecule has 2 nitrogen and oxygen atoms in total. The van der Waals surface area contributed by atoms with E-state index in [1.807, 2.05) is 13.8 Å². The van der Waals surface area contributed by atoms with E-state index in [1.165, 1.54) is 6.07 Å². The summed E-state index contributed by atoms with van der Waals surface area (Å²) in [7, 11) is 0. The molecule has 0 unspecified atom stereocenters. The lowest BCUT2D eigenvalue weighted by Crippen LogP contribution is -1.99. The Kier molecular flexibility index (Phi) is 5.09. The molecule has 14 heavy (non-hydrogen) atoms. The number of carboxylic acids is 1. The molecular weight excluding hydrogens is 176 g/mol. The van der Waals surface area contributed by atoms with Crippen LogP contribution in [-0.2, 0) is 0 Å². The molecule has 1 N–H and O–H groups in total. The van der Waals surface area contributed by atoms with Gasteiger partial charge in [-0.3, -0.25) is 0 Å². The predicted octanol–water partition coefficient (Wildman–Crippen LogP) is 2.70. The molecule has 74 valence electrons. The van der Waals surface area contributed by atoms with Crippen LogP contribution in [0.4, 0.5) is 0 Å². The van der Waals surface area contributed by atoms with E-state index in [9.17, 15) is 4.79 Å². The van der Waals surface area contributed by atoms with Gasteiger partial charge in [-0.05, 0) is 24.6 Å². The zero-order chi connectivity index (χ0) is 11.1. The fourth-order valence-corrected chi connectivity index (χ4v) is 0.942. The summed E-state index contributed by atoms with van der Waals surface area (Å²) >= 11 is 0. The lowest BCUT2D eigenvalue weighted by atomic mass is 10.1. The number of benzene rings is 1. The van der Waals surface area contributed by atoms with Crippen LogP contribution in [-0.4, -0.2) is 11.1 Å². The van der Waals surface area contributed by atoms with Gasteiger partial charge < -0.3 is 5.11 Å². The van der Waals surface area contributed by atoms with Gasteiger partial charge in [0.2, 0.25) is 0 Å². The van der Waals surface area contributed by atoms with E-state index in [0.29, 0.717) is 5.56 Å². The Morgan fingerprint density at radius 3 is 2.43 bits per heavy atom. The number of hydrogen-bond acceptors (Lipinski definition) is 1. The van der Waals surface area contributed by atoms with Gasteiger partial charge in [-0.15, -0.1) is 6.42 Å². The van der Waals surface area contributed by atoms with Gasteiger partial charge in [-0.2, -0.15) is 0 Å². The van der Waals surface area contributed by atoms with Crippen LogP contribution in [0.25, 0.3) is 0 Å². The molecule has 1 rings (SSSR count). The highest BCUT2D eigenvalue weighted by Gasteiger charge is 2.06. The zero-order valence-electron chi connectivity index (χ0n) is 8.66. The normalized spacial score (nSPS) is 8.14. The zero-order valence-corrected chi connectivity index (χ0v) is 8.66. The van der Waals surface area contributed by atoms with Gasteiger partial charge in [-0.25, -0.2) is 4.79 Å². The Balaban J connectivity index is 0.000000791. The third kappa shape index (κ3) is 2.95. The molecule has 1 aromatic carbocycles. The highest BCUT2D eigenvalue weighted by molar-refractivity contribution is 5.89. The molecule has 0 bridgehead atoms. The van der Waals surface area contributed by atoms with E-state index >= 15 is 0 Å². The van der Waals surface area contributed by atoms with Gasteiger partial charge in [0.1, 0.15) is 0 Å². The number of carbonyl (C=O) groups is 1. The first-order valence-corrected chi connectivity index (χ1v) is 4.45. The summed E-state index contributed by atoms with van der Waals surface area (Å²) in [6.45, 7) is 5.74. The molecule has 1 aromatic rings. The summed E-state index contributed by atoms with van der Waals surface area (Å²) in [5.41, 5.74) is 1.59. The molecule has 0 heterocycles. The first kappa shape index (κ1) is 12.2. The van der Waals surface area contributed by atoms with Crippen molar-refractivity contribution in [1.82, 2.24) is 0 Å². The molecule has 0 saturated heterocycles. The van der Waals surface area contributed by atoms with E-state index < -0.39 is 5.97 Å². The number of carboxylic acid groups (broad SMARTS) is 1. The maximum atomic E-state index is 10.6. The monoisotopic (exact) mass is 190 g/mol. The quantitative estimate of drug-likeness (QED) is 0.691. The van der Waals surface area contributed by atoms with Crippen molar-refractivity contribution in [3.05, 3.63) is 34.9 Å². The molecule has 0 amide bonds. The summed E-state index contributed by atoms with van der Waals surface area (Å²) in [4.78, 5) is 10.6. The van der Waals surface area contributed by atoms with Gasteiger partial charge in [0, 0.05) is 5.56 Å². The Morgan fingerprint density at radius 1 is 1.43 bits per heavy atom. The molecule has 0 aliphatic heterocycles. The molecule has 0 aromatic heterocycles. The van der Waals surface area contributed by atoms with Crippen LogP contribution in [0.15, 0.2) is 18.2 Å². The van der Waals surface area contributed by atoms with Gasteiger partial charge in [0.25, 0.3) is 0 Å². The molecule has 0 fully saturated rings. The lowest BCUT2D eigenvalue weighted by Gasteiger charge is -1.99. The second-order valence-corrected chi connectivity index (χ2v) is 2.48. The highest BCUT2D eigenvalue weighted by Crippen LogP contribution is 2.09. The second-order valence-electron chi connectivity index (χ2n) is 2.48. The van der Waals surface area contributed by atoms with Crippen molar-refractivity contribution in [2.75, 3.05) is 0 Å². The summed E-state index contributed by atoms with van der Waals surface area (Å²) in [6.07, 6.45) is 5.13. The van der Waals surface area contributed by atoms with E-state index in [0.717, 1.165) is 5.56 Å². The van der Waals surface area contributed by atoms with Crippen molar-refractivity contribution in [3.8, 4) is 12.3 Å². The largest absolute Gasteiger partial charge is 0.478 e. The molecule has 0 aliphatic rings. The van der Waals surface area contributed by atoms with Crippen molar-refractivity contribution in [2.24, 2.45) is 0 Å². The first-order valence-electron chi connectivity index (χ1n) is 4.45. The topological polar surface area (TPSA) is 37.3 Å². The van der Waals surface area contributed by atoms with E-state index in [1.54, 1.807) is 19.1 Å². The van der Waals surface area contributed by atoms with Gasteiger partial charge in [-0.1, -0.05) is 25.8 Å². The Hall–Kier alpha value is -1.75. The first-order chi connectivity index (χ1) is 6.65. The molecule has 2 heteroatoms. The number of hydrogen-bond donors (Lipinski definition) is 1. The van der Waals surface area contributed by atoms with Crippen LogP contribution in [0.5, 0.6) is 0 Å². The summed E-state index contributed by atoms with van der Waals surface area (Å²) in [5.74, 6) is 1.45. The summed E-state index contributed by atoms with van der Waals surface area (Å²) < 4.78 is 0. The molecule has 0 radical (unpaired) electrons. The van der Waals surface area contributed by atoms with Crippen molar-refractivity contribution in [3.63, 3.8) is 0 Å². The smallest absolute Gasteiger partial charge is 0.335 e. The van der Waals surface area contributed by atoms with Crippen LogP contribution >= 0.6 is 0 Å². The van der Waals surface area contributed by atoms with E-state index in [4.69, 9.17) is 11.5 Å². The van der Waals surface area contributed by atoms with Crippen LogP contribution in [0.2, 0.25) is 0 Å². The van der Waals surface area contributed by atoms with E-state index in [-0.39, 0.29) is 5.56 Å². The highest BCUT2D eigenvalue weighted by atomic mass is 16.4. The molecule has 0 atom stereocenters. The number of aromatic carboxylic acids is 1. The number of aryl methyl sites for hydroxylation is 1. The fourth-order valence-electron chi connectivity index (χ4n) is 0.942. The fraction of sp³-hybridized carbons (Fsp3) is 0.250. The van der Waals surface area contributed by atoms with Crippen molar-refractivity contribution < 1.29 is 9.90 Å². The van der Waals surface area contributed by atoms with Crippen molar-refractivity contribution in [1.29, 1.82) is 0 Å². The maximum Gasteiger partial charge on any atom is 0.335 e. The minimum atomic E-state index is -0.940.